The average Bonchev–Trinajstić information content (AvgIpc) is 2.64. The Kier molecular flexibility index (Phi) is 6.30. The van der Waals surface area contributed by atoms with Crippen molar-refractivity contribution in [2.75, 3.05) is 7.11 Å². The second kappa shape index (κ2) is 8.56. The van der Waals surface area contributed by atoms with Gasteiger partial charge in [-0.1, -0.05) is 31.9 Å². The van der Waals surface area contributed by atoms with Crippen molar-refractivity contribution in [2.24, 2.45) is 0 Å². The molecule has 0 spiro atoms. The highest BCUT2D eigenvalue weighted by atomic mass is 79.9. The van der Waals surface area contributed by atoms with Crippen molar-refractivity contribution in [2.45, 2.75) is 0 Å². The first kappa shape index (κ1) is 21.3. The summed E-state index contributed by atoms with van der Waals surface area (Å²) in [4.78, 5) is 35.0. The van der Waals surface area contributed by atoms with Crippen LogP contribution in [0.4, 0.5) is 8.78 Å². The zero-order valence-electron chi connectivity index (χ0n) is 14.3. The number of aromatic amines is 2. The van der Waals surface area contributed by atoms with E-state index in [1.165, 1.54) is 31.4 Å². The number of nitrogens with zero attached hydrogens (tertiary/aromatic N) is 2. The van der Waals surface area contributed by atoms with E-state index in [0.717, 1.165) is 0 Å². The van der Waals surface area contributed by atoms with Gasteiger partial charge in [-0.3, -0.25) is 19.6 Å². The van der Waals surface area contributed by atoms with Gasteiger partial charge < -0.3 is 4.74 Å². The number of fused-ring (bicyclic) bond motifs is 2. The van der Waals surface area contributed by atoms with Gasteiger partial charge in [0.25, 0.3) is 17.1 Å². The number of hydrogen-bond donors (Lipinski definition) is 2. The quantitative estimate of drug-likeness (QED) is 0.344. The Hall–Kier alpha value is -2.37. The number of hydrogen-bond acceptors (Lipinski definition) is 5. The summed E-state index contributed by atoms with van der Waals surface area (Å²) in [6, 6.07) is 5.46. The molecule has 2 N–H and O–H groups in total. The third kappa shape index (κ3) is 4.62. The largest absolute Gasteiger partial charge is 0.468 e. The topological polar surface area (TPSA) is 101 Å². The van der Waals surface area contributed by atoms with Crippen molar-refractivity contribution in [3.63, 3.8) is 0 Å². The fourth-order valence-corrected chi connectivity index (χ4v) is 3.41. The Morgan fingerprint density at radius 2 is 1.38 bits per heavy atom. The predicted octanol–water partition coefficient (Wildman–Crippen LogP) is 4.31. The average molecular weight is 551 g/mol. The third-order valence-electron chi connectivity index (χ3n) is 3.60. The number of halogens is 5. The SMILES string of the molecule is COc1nc2c(F)cc(Br)cc2c(=O)[nH]1.O=c1[nH]c(Cl)nc2c(F)cc(Br)cc12. The Labute approximate surface area is 182 Å². The van der Waals surface area contributed by atoms with Gasteiger partial charge in [0, 0.05) is 8.95 Å². The second-order valence-electron chi connectivity index (χ2n) is 5.50. The Balaban J connectivity index is 0.000000166. The summed E-state index contributed by atoms with van der Waals surface area (Å²) in [6.07, 6.45) is 0. The summed E-state index contributed by atoms with van der Waals surface area (Å²) in [5.41, 5.74) is -0.919. The lowest BCUT2D eigenvalue weighted by Gasteiger charge is -2.02. The monoisotopic (exact) mass is 548 g/mol. The van der Waals surface area contributed by atoms with Crippen LogP contribution in [0.5, 0.6) is 6.01 Å². The first-order chi connectivity index (χ1) is 13.7. The lowest BCUT2D eigenvalue weighted by Crippen LogP contribution is -2.10. The van der Waals surface area contributed by atoms with Crippen LogP contribution in [0, 0.1) is 11.6 Å². The molecule has 0 bridgehead atoms. The summed E-state index contributed by atoms with van der Waals surface area (Å²) in [5.74, 6) is -1.15. The van der Waals surface area contributed by atoms with Gasteiger partial charge in [0.2, 0.25) is 5.28 Å². The summed E-state index contributed by atoms with van der Waals surface area (Å²) < 4.78 is 32.5. The highest BCUT2D eigenvalue weighted by Gasteiger charge is 2.10. The minimum atomic E-state index is -0.581. The maximum Gasteiger partial charge on any atom is 0.296 e. The Morgan fingerprint density at radius 1 is 0.897 bits per heavy atom. The van der Waals surface area contributed by atoms with E-state index in [2.05, 4.69) is 51.8 Å². The van der Waals surface area contributed by atoms with Gasteiger partial charge in [-0.05, 0) is 35.9 Å². The molecule has 0 amide bonds. The second-order valence-corrected chi connectivity index (χ2v) is 7.69. The lowest BCUT2D eigenvalue weighted by molar-refractivity contribution is 0.380. The van der Waals surface area contributed by atoms with Crippen molar-refractivity contribution in [1.82, 2.24) is 19.9 Å². The molecule has 0 saturated heterocycles. The maximum atomic E-state index is 13.4. The van der Waals surface area contributed by atoms with Gasteiger partial charge in [-0.15, -0.1) is 0 Å². The van der Waals surface area contributed by atoms with Crippen molar-refractivity contribution in [1.29, 1.82) is 0 Å². The van der Waals surface area contributed by atoms with Crippen molar-refractivity contribution < 1.29 is 13.5 Å². The van der Waals surface area contributed by atoms with Gasteiger partial charge in [0.05, 0.1) is 17.9 Å². The van der Waals surface area contributed by atoms with Gasteiger partial charge in [0.15, 0.2) is 11.6 Å². The molecular formula is C17H9Br2ClF2N4O3. The smallest absolute Gasteiger partial charge is 0.296 e. The van der Waals surface area contributed by atoms with Crippen molar-refractivity contribution in [3.05, 3.63) is 70.8 Å². The summed E-state index contributed by atoms with van der Waals surface area (Å²) >= 11 is 11.7. The number of methoxy groups -OCH3 is 1. The van der Waals surface area contributed by atoms with E-state index in [9.17, 15) is 18.4 Å². The number of nitrogens with one attached hydrogen (secondary N) is 2. The van der Waals surface area contributed by atoms with Gasteiger partial charge >= 0.3 is 0 Å². The van der Waals surface area contributed by atoms with Crippen LogP contribution in [-0.2, 0) is 0 Å². The molecule has 2 aromatic heterocycles. The number of H-pyrrole nitrogens is 2. The van der Waals surface area contributed by atoms with Gasteiger partial charge in [0.1, 0.15) is 11.0 Å². The Morgan fingerprint density at radius 3 is 1.90 bits per heavy atom. The van der Waals surface area contributed by atoms with E-state index in [4.69, 9.17) is 16.3 Å². The lowest BCUT2D eigenvalue weighted by atomic mass is 10.2. The third-order valence-corrected chi connectivity index (χ3v) is 4.69. The molecule has 0 saturated carbocycles. The van der Waals surface area contributed by atoms with Crippen LogP contribution in [-0.4, -0.2) is 27.0 Å². The molecule has 150 valence electrons. The number of ether oxygens (including phenoxy) is 1. The van der Waals surface area contributed by atoms with Crippen LogP contribution in [0.25, 0.3) is 21.8 Å². The van der Waals surface area contributed by atoms with E-state index in [-0.39, 0.29) is 33.1 Å². The molecule has 0 radical (unpaired) electrons. The number of benzene rings is 2. The van der Waals surface area contributed by atoms with Crippen molar-refractivity contribution in [3.8, 4) is 6.01 Å². The van der Waals surface area contributed by atoms with Crippen LogP contribution >= 0.6 is 43.5 Å². The molecule has 29 heavy (non-hydrogen) atoms. The predicted molar refractivity (Wildman–Crippen MR) is 112 cm³/mol. The van der Waals surface area contributed by atoms with Gasteiger partial charge in [-0.25, -0.2) is 13.8 Å². The summed E-state index contributed by atoms with van der Waals surface area (Å²) in [5, 5.41) is 0.229. The molecule has 2 heterocycles. The van der Waals surface area contributed by atoms with Gasteiger partial charge in [-0.2, -0.15) is 4.98 Å². The molecule has 0 unspecified atom stereocenters. The van der Waals surface area contributed by atoms with E-state index in [1.807, 2.05) is 0 Å². The van der Waals surface area contributed by atoms with Crippen molar-refractivity contribution >= 4 is 65.3 Å². The normalized spacial score (nSPS) is 10.7. The number of aromatic nitrogens is 4. The Bertz CT molecular complexity index is 1360. The highest BCUT2D eigenvalue weighted by Crippen LogP contribution is 2.21. The molecule has 7 nitrogen and oxygen atoms in total. The molecule has 0 aliphatic carbocycles. The van der Waals surface area contributed by atoms with Crippen LogP contribution < -0.4 is 15.9 Å². The standard InChI is InChI=1S/C9H6BrFN2O2.C8H3BrClFN2O/c1-15-9-12-7-5(8(14)13-9)2-4(10)3-6(7)11;9-3-1-4-6(5(11)2-3)12-8(10)13-7(4)14/h2-3H,1H3,(H,12,13,14);1-2H,(H,12,13,14). The first-order valence-corrected chi connectivity index (χ1v) is 9.63. The van der Waals surface area contributed by atoms with E-state index >= 15 is 0 Å². The van der Waals surface area contributed by atoms with E-state index in [0.29, 0.717) is 8.95 Å². The fourth-order valence-electron chi connectivity index (χ4n) is 2.38. The molecule has 0 aliphatic heterocycles. The molecule has 12 heteroatoms. The minimum Gasteiger partial charge on any atom is -0.468 e. The van der Waals surface area contributed by atoms with E-state index in [1.54, 1.807) is 0 Å². The number of rotatable bonds is 1. The van der Waals surface area contributed by atoms with Crippen LogP contribution in [0.1, 0.15) is 0 Å². The zero-order chi connectivity index (χ0) is 21.3. The zero-order valence-corrected chi connectivity index (χ0v) is 18.2. The molecule has 0 aliphatic rings. The van der Waals surface area contributed by atoms with Crippen LogP contribution in [0.15, 0.2) is 42.8 Å². The molecule has 0 fully saturated rings. The molecule has 2 aromatic carbocycles. The van der Waals surface area contributed by atoms with Crippen LogP contribution in [0.2, 0.25) is 5.28 Å². The summed E-state index contributed by atoms with van der Waals surface area (Å²) in [7, 11) is 1.35. The summed E-state index contributed by atoms with van der Waals surface area (Å²) in [6.45, 7) is 0. The van der Waals surface area contributed by atoms with E-state index < -0.39 is 22.8 Å². The molecule has 4 aromatic rings. The minimum absolute atomic E-state index is 0.00111. The highest BCUT2D eigenvalue weighted by molar-refractivity contribution is 9.10. The fraction of sp³-hybridized carbons (Fsp3) is 0.0588. The molecule has 0 atom stereocenters. The maximum absolute atomic E-state index is 13.4. The first-order valence-electron chi connectivity index (χ1n) is 7.67. The molecule has 4 rings (SSSR count). The molecular weight excluding hydrogens is 541 g/mol. The van der Waals surface area contributed by atoms with Crippen LogP contribution in [0.3, 0.4) is 0 Å².